The van der Waals surface area contributed by atoms with Crippen LogP contribution in [-0.2, 0) is 19.4 Å². The number of ether oxygens (including phenoxy) is 1. The molecule has 0 saturated carbocycles. The van der Waals surface area contributed by atoms with Gasteiger partial charge >= 0.3 is 0 Å². The summed E-state index contributed by atoms with van der Waals surface area (Å²) in [5.74, 6) is 0.0647. The van der Waals surface area contributed by atoms with Crippen molar-refractivity contribution in [1.82, 2.24) is 20.0 Å². The number of rotatable bonds is 8. The smallest absolute Gasteiger partial charge is 0.275 e. The molecule has 0 aliphatic heterocycles. The average Bonchev–Trinajstić information content (AvgIpc) is 3.23. The molecule has 2 aromatic carbocycles. The fourth-order valence-electron chi connectivity index (χ4n) is 3.65. The summed E-state index contributed by atoms with van der Waals surface area (Å²) in [6.07, 6.45) is 1.38. The molecule has 0 unspecified atom stereocenters. The highest BCUT2D eigenvalue weighted by molar-refractivity contribution is 6.10. The topological polar surface area (TPSA) is 125 Å². The van der Waals surface area contributed by atoms with Crippen LogP contribution >= 0.6 is 0 Å². The van der Waals surface area contributed by atoms with Crippen LogP contribution in [0, 0.1) is 0 Å². The number of carbonyl (C=O) groups excluding carboxylic acids is 2. The van der Waals surface area contributed by atoms with Crippen molar-refractivity contribution in [3.05, 3.63) is 77.1 Å². The van der Waals surface area contributed by atoms with Crippen LogP contribution < -0.4 is 15.8 Å². The van der Waals surface area contributed by atoms with Crippen molar-refractivity contribution < 1.29 is 14.3 Å². The van der Waals surface area contributed by atoms with E-state index in [9.17, 15) is 9.59 Å². The van der Waals surface area contributed by atoms with E-state index in [0.717, 1.165) is 23.4 Å². The van der Waals surface area contributed by atoms with Crippen LogP contribution in [0.3, 0.4) is 0 Å². The molecule has 3 N–H and O–H groups in total. The molecular formula is C24H24N6O3. The normalized spacial score (nSPS) is 10.8. The third-order valence-corrected chi connectivity index (χ3v) is 5.39. The summed E-state index contributed by atoms with van der Waals surface area (Å²) < 4.78 is 6.97. The molecule has 2 aromatic heterocycles. The second-order valence-electron chi connectivity index (χ2n) is 7.45. The number of benzene rings is 2. The Bertz CT molecular complexity index is 1310. The monoisotopic (exact) mass is 444 g/mol. The Balaban J connectivity index is 1.54. The Labute approximate surface area is 190 Å². The molecule has 4 rings (SSSR count). The molecule has 0 spiro atoms. The maximum Gasteiger partial charge on any atom is 0.275 e. The van der Waals surface area contributed by atoms with Gasteiger partial charge in [-0.1, -0.05) is 42.5 Å². The Kier molecular flexibility index (Phi) is 6.30. The number of primary amides is 1. The van der Waals surface area contributed by atoms with Gasteiger partial charge in [0.2, 0.25) is 5.91 Å². The van der Waals surface area contributed by atoms with E-state index in [2.05, 4.69) is 20.6 Å². The number of carbonyl (C=O) groups is 2. The molecule has 0 radical (unpaired) electrons. The number of aromatic nitrogens is 4. The van der Waals surface area contributed by atoms with Crippen molar-refractivity contribution in [1.29, 1.82) is 0 Å². The predicted octanol–water partition coefficient (Wildman–Crippen LogP) is 2.99. The van der Waals surface area contributed by atoms with E-state index in [0.29, 0.717) is 29.7 Å². The number of para-hydroxylation sites is 1. The molecule has 33 heavy (non-hydrogen) atoms. The lowest BCUT2D eigenvalue weighted by Crippen LogP contribution is -2.18. The minimum absolute atomic E-state index is 0.0809. The van der Waals surface area contributed by atoms with Crippen LogP contribution in [0.4, 0.5) is 5.82 Å². The summed E-state index contributed by atoms with van der Waals surface area (Å²) in [5, 5.41) is 11.7. The predicted molar refractivity (Wildman–Crippen MR) is 124 cm³/mol. The van der Waals surface area contributed by atoms with Gasteiger partial charge in [0.15, 0.2) is 5.82 Å². The zero-order valence-corrected chi connectivity index (χ0v) is 18.4. The number of amides is 2. The standard InChI is InChI=1S/C24H24N6O3/c1-3-21-23(28-29-30(21)13-12-15-8-10-16(33-2)11-9-15)27-24(32)20-14-18(22(25)31)17-6-4-5-7-19(17)26-20/h4-11,14H,3,12-13H2,1-2H3,(H2,25,31)(H,27,32). The highest BCUT2D eigenvalue weighted by Crippen LogP contribution is 2.20. The number of nitrogens with zero attached hydrogens (tertiary/aromatic N) is 4. The van der Waals surface area contributed by atoms with Crippen molar-refractivity contribution >= 4 is 28.5 Å². The number of anilines is 1. The second-order valence-corrected chi connectivity index (χ2v) is 7.45. The maximum atomic E-state index is 12.9. The Morgan fingerprint density at radius 3 is 2.58 bits per heavy atom. The van der Waals surface area contributed by atoms with Crippen LogP contribution in [0.2, 0.25) is 0 Å². The third kappa shape index (κ3) is 4.67. The lowest BCUT2D eigenvalue weighted by Gasteiger charge is -2.09. The zero-order valence-electron chi connectivity index (χ0n) is 18.4. The van der Waals surface area contributed by atoms with Gasteiger partial charge in [0.05, 0.1) is 23.9 Å². The number of fused-ring (bicyclic) bond motifs is 1. The van der Waals surface area contributed by atoms with Crippen LogP contribution in [0.1, 0.15) is 39.0 Å². The fraction of sp³-hybridized carbons (Fsp3) is 0.208. The number of aryl methyl sites for hydroxylation is 2. The molecule has 2 heterocycles. The van der Waals surface area contributed by atoms with Gasteiger partial charge in [-0.3, -0.25) is 9.59 Å². The zero-order chi connectivity index (χ0) is 23.4. The molecule has 2 amide bonds. The molecule has 0 aliphatic rings. The van der Waals surface area contributed by atoms with Crippen molar-refractivity contribution in [2.45, 2.75) is 26.3 Å². The van der Waals surface area contributed by atoms with Crippen molar-refractivity contribution in [2.24, 2.45) is 5.73 Å². The quantitative estimate of drug-likeness (QED) is 0.430. The number of pyridine rings is 1. The minimum Gasteiger partial charge on any atom is -0.497 e. The van der Waals surface area contributed by atoms with Gasteiger partial charge in [-0.15, -0.1) is 5.10 Å². The summed E-state index contributed by atoms with van der Waals surface area (Å²) in [6, 6.07) is 16.3. The maximum absolute atomic E-state index is 12.9. The minimum atomic E-state index is -0.624. The van der Waals surface area contributed by atoms with E-state index < -0.39 is 11.8 Å². The van der Waals surface area contributed by atoms with Crippen molar-refractivity contribution in [3.8, 4) is 5.75 Å². The summed E-state index contributed by atoms with van der Waals surface area (Å²) in [7, 11) is 1.63. The van der Waals surface area contributed by atoms with Gasteiger partial charge in [0.1, 0.15) is 11.4 Å². The summed E-state index contributed by atoms with van der Waals surface area (Å²) in [6.45, 7) is 2.58. The van der Waals surface area contributed by atoms with E-state index in [4.69, 9.17) is 10.5 Å². The van der Waals surface area contributed by atoms with E-state index >= 15 is 0 Å². The van der Waals surface area contributed by atoms with Crippen LogP contribution in [0.25, 0.3) is 10.9 Å². The first-order chi connectivity index (χ1) is 16.0. The molecule has 9 nitrogen and oxygen atoms in total. The second kappa shape index (κ2) is 9.47. The lowest BCUT2D eigenvalue weighted by atomic mass is 10.1. The Morgan fingerprint density at radius 1 is 1.12 bits per heavy atom. The van der Waals surface area contributed by atoms with Gasteiger partial charge in [-0.25, -0.2) is 9.67 Å². The summed E-state index contributed by atoms with van der Waals surface area (Å²) in [4.78, 5) is 29.2. The van der Waals surface area contributed by atoms with Crippen LogP contribution in [0.15, 0.2) is 54.6 Å². The average molecular weight is 444 g/mol. The summed E-state index contributed by atoms with van der Waals surface area (Å²) >= 11 is 0. The van der Waals surface area contributed by atoms with Gasteiger partial charge in [-0.2, -0.15) is 0 Å². The molecule has 0 aliphatic carbocycles. The Hall–Kier alpha value is -4.27. The number of methoxy groups -OCH3 is 1. The summed E-state index contributed by atoms with van der Waals surface area (Å²) in [5.41, 5.74) is 8.29. The van der Waals surface area contributed by atoms with Crippen LogP contribution in [0.5, 0.6) is 5.75 Å². The molecule has 168 valence electrons. The molecule has 0 saturated heterocycles. The van der Waals surface area contributed by atoms with Gasteiger partial charge in [0, 0.05) is 11.9 Å². The molecule has 0 bridgehead atoms. The molecule has 4 aromatic rings. The molecule has 9 heteroatoms. The first-order valence-corrected chi connectivity index (χ1v) is 10.6. The fourth-order valence-corrected chi connectivity index (χ4v) is 3.65. The van der Waals surface area contributed by atoms with Crippen LogP contribution in [-0.4, -0.2) is 38.9 Å². The molecule has 0 fully saturated rings. The first kappa shape index (κ1) is 21.9. The van der Waals surface area contributed by atoms with Gasteiger partial charge in [0.25, 0.3) is 5.91 Å². The first-order valence-electron chi connectivity index (χ1n) is 10.6. The third-order valence-electron chi connectivity index (χ3n) is 5.39. The van der Waals surface area contributed by atoms with Crippen molar-refractivity contribution in [3.63, 3.8) is 0 Å². The molecule has 0 atom stereocenters. The number of nitrogens with one attached hydrogen (secondary N) is 1. The highest BCUT2D eigenvalue weighted by Gasteiger charge is 2.18. The van der Waals surface area contributed by atoms with Gasteiger partial charge in [-0.05, 0) is 42.7 Å². The van der Waals surface area contributed by atoms with E-state index in [1.807, 2.05) is 31.2 Å². The lowest BCUT2D eigenvalue weighted by molar-refractivity contribution is 0.100. The largest absolute Gasteiger partial charge is 0.497 e. The van der Waals surface area contributed by atoms with Gasteiger partial charge < -0.3 is 15.8 Å². The number of hydrogen-bond donors (Lipinski definition) is 2. The molecular weight excluding hydrogens is 420 g/mol. The van der Waals surface area contributed by atoms with E-state index in [1.165, 1.54) is 6.07 Å². The van der Waals surface area contributed by atoms with Crippen molar-refractivity contribution in [2.75, 3.05) is 12.4 Å². The van der Waals surface area contributed by atoms with E-state index in [-0.39, 0.29) is 11.3 Å². The SMILES string of the molecule is CCc1c(NC(=O)c2cc(C(N)=O)c3ccccc3n2)nnn1CCc1ccc(OC)cc1. The number of nitrogens with two attached hydrogens (primary N) is 1. The van der Waals surface area contributed by atoms with E-state index in [1.54, 1.807) is 36.1 Å². The highest BCUT2D eigenvalue weighted by atomic mass is 16.5. The number of hydrogen-bond acceptors (Lipinski definition) is 6. The Morgan fingerprint density at radius 2 is 1.88 bits per heavy atom.